The van der Waals surface area contributed by atoms with Crippen LogP contribution >= 0.6 is 0 Å². The number of alkyl halides is 3. The number of para-hydroxylation sites is 1. The van der Waals surface area contributed by atoms with Gasteiger partial charge in [0.2, 0.25) is 0 Å². The zero-order valence-electron chi connectivity index (χ0n) is 12.4. The molecule has 2 N–H and O–H groups in total. The number of nitrogens with zero attached hydrogens (tertiary/aromatic N) is 2. The minimum atomic E-state index is -4.60. The molecule has 1 atom stereocenters. The summed E-state index contributed by atoms with van der Waals surface area (Å²) in [7, 11) is 0. The lowest BCUT2D eigenvalue weighted by Gasteiger charge is -2.38. The van der Waals surface area contributed by atoms with Crippen LogP contribution in [-0.2, 0) is 6.18 Å². The lowest BCUT2D eigenvalue weighted by Crippen LogP contribution is -2.45. The number of aromatic nitrogens is 1. The molecule has 0 saturated carbocycles. The molecular formula is C16H14F3N3O2. The largest absolute Gasteiger partial charge is 0.418 e. The molecule has 0 radical (unpaired) electrons. The summed E-state index contributed by atoms with van der Waals surface area (Å²) in [6, 6.07) is 8.66. The zero-order valence-corrected chi connectivity index (χ0v) is 12.4. The number of pyridine rings is 1. The Bertz CT molecular complexity index is 764. The highest BCUT2D eigenvalue weighted by Gasteiger charge is 2.40. The smallest absolute Gasteiger partial charge is 0.395 e. The molecule has 0 bridgehead atoms. The van der Waals surface area contributed by atoms with Crippen LogP contribution in [0, 0.1) is 0 Å². The minimum Gasteiger partial charge on any atom is -0.395 e. The molecule has 2 heterocycles. The fraction of sp³-hybridized carbons (Fsp3) is 0.250. The van der Waals surface area contributed by atoms with Gasteiger partial charge in [0.1, 0.15) is 6.17 Å². The molecule has 1 amide bonds. The third-order valence-corrected chi connectivity index (χ3v) is 3.77. The van der Waals surface area contributed by atoms with Crippen LogP contribution in [-0.4, -0.2) is 34.0 Å². The Morgan fingerprint density at radius 2 is 1.96 bits per heavy atom. The van der Waals surface area contributed by atoms with Gasteiger partial charge in [-0.25, -0.2) is 0 Å². The van der Waals surface area contributed by atoms with E-state index in [1.165, 1.54) is 12.3 Å². The van der Waals surface area contributed by atoms with E-state index in [-0.39, 0.29) is 18.8 Å². The third-order valence-electron chi connectivity index (χ3n) is 3.77. The average molecular weight is 337 g/mol. The predicted octanol–water partition coefficient (Wildman–Crippen LogP) is 2.66. The quantitative estimate of drug-likeness (QED) is 0.904. The molecule has 0 fully saturated rings. The molecule has 1 aromatic carbocycles. The number of amides is 1. The Morgan fingerprint density at radius 1 is 1.21 bits per heavy atom. The Hall–Kier alpha value is -2.61. The second kappa shape index (κ2) is 6.12. The van der Waals surface area contributed by atoms with Gasteiger partial charge in [-0.1, -0.05) is 12.1 Å². The number of benzene rings is 1. The van der Waals surface area contributed by atoms with Crippen LogP contribution in [0.3, 0.4) is 0 Å². The number of rotatable bonds is 3. The van der Waals surface area contributed by atoms with E-state index in [0.29, 0.717) is 11.3 Å². The number of hydrogen-bond acceptors (Lipinski definition) is 4. The first-order valence-corrected chi connectivity index (χ1v) is 7.23. The Labute approximate surface area is 135 Å². The SMILES string of the molecule is O=C1c2ccccc2NC(c2ncccc2C(F)(F)F)N1CCO. The van der Waals surface area contributed by atoms with Crippen LogP contribution in [0.4, 0.5) is 18.9 Å². The lowest BCUT2D eigenvalue weighted by atomic mass is 10.0. The van der Waals surface area contributed by atoms with Gasteiger partial charge in [0, 0.05) is 18.4 Å². The van der Waals surface area contributed by atoms with Gasteiger partial charge in [-0.3, -0.25) is 9.78 Å². The maximum atomic E-state index is 13.3. The summed E-state index contributed by atoms with van der Waals surface area (Å²) in [6.07, 6.45) is -4.47. The van der Waals surface area contributed by atoms with Crippen LogP contribution in [0.5, 0.6) is 0 Å². The van der Waals surface area contributed by atoms with Crippen molar-refractivity contribution in [1.82, 2.24) is 9.88 Å². The van der Waals surface area contributed by atoms with E-state index >= 15 is 0 Å². The van der Waals surface area contributed by atoms with Crippen molar-refractivity contribution in [3.63, 3.8) is 0 Å². The molecule has 0 spiro atoms. The van der Waals surface area contributed by atoms with Crippen molar-refractivity contribution in [2.24, 2.45) is 0 Å². The average Bonchev–Trinajstić information content (AvgIpc) is 2.56. The van der Waals surface area contributed by atoms with E-state index in [1.807, 2.05) is 0 Å². The summed E-state index contributed by atoms with van der Waals surface area (Å²) < 4.78 is 39.9. The monoisotopic (exact) mass is 337 g/mol. The number of β-amino-alcohol motifs (C(OH)–C–C–N with tert-alkyl or cyclic N) is 1. The summed E-state index contributed by atoms with van der Waals surface area (Å²) in [5.41, 5.74) is -0.453. The first-order chi connectivity index (χ1) is 11.4. The summed E-state index contributed by atoms with van der Waals surface area (Å²) >= 11 is 0. The van der Waals surface area contributed by atoms with E-state index in [2.05, 4.69) is 10.3 Å². The molecule has 1 aliphatic heterocycles. The number of hydrogen-bond donors (Lipinski definition) is 2. The third kappa shape index (κ3) is 2.80. The summed E-state index contributed by atoms with van der Waals surface area (Å²) in [4.78, 5) is 17.6. The molecule has 0 saturated heterocycles. The molecule has 2 aromatic rings. The molecule has 0 aliphatic carbocycles. The van der Waals surface area contributed by atoms with E-state index in [4.69, 9.17) is 0 Å². The number of aliphatic hydroxyl groups excluding tert-OH is 1. The molecule has 1 aliphatic rings. The van der Waals surface area contributed by atoms with Gasteiger partial charge in [0.25, 0.3) is 5.91 Å². The minimum absolute atomic E-state index is 0.112. The fourth-order valence-corrected chi connectivity index (χ4v) is 2.72. The van der Waals surface area contributed by atoms with Gasteiger partial charge in [-0.2, -0.15) is 13.2 Å². The molecule has 24 heavy (non-hydrogen) atoms. The van der Waals surface area contributed by atoms with Crippen LogP contribution in [0.1, 0.15) is 27.8 Å². The van der Waals surface area contributed by atoms with Gasteiger partial charge in [0.15, 0.2) is 0 Å². The molecule has 126 valence electrons. The second-order valence-corrected chi connectivity index (χ2v) is 5.25. The predicted molar refractivity (Wildman–Crippen MR) is 80.2 cm³/mol. The summed E-state index contributed by atoms with van der Waals surface area (Å²) in [5.74, 6) is -0.456. The van der Waals surface area contributed by atoms with Gasteiger partial charge in [-0.05, 0) is 24.3 Å². The van der Waals surface area contributed by atoms with Gasteiger partial charge in [0.05, 0.1) is 23.4 Å². The van der Waals surface area contributed by atoms with Crippen LogP contribution in [0.15, 0.2) is 42.6 Å². The molecule has 5 nitrogen and oxygen atoms in total. The number of aliphatic hydroxyl groups is 1. The highest BCUT2D eigenvalue weighted by atomic mass is 19.4. The number of anilines is 1. The molecular weight excluding hydrogens is 323 g/mol. The number of halogens is 3. The van der Waals surface area contributed by atoms with E-state index in [9.17, 15) is 23.1 Å². The van der Waals surface area contributed by atoms with Crippen molar-refractivity contribution in [3.05, 3.63) is 59.4 Å². The Morgan fingerprint density at radius 3 is 2.67 bits per heavy atom. The van der Waals surface area contributed by atoms with Crippen LogP contribution in [0.2, 0.25) is 0 Å². The van der Waals surface area contributed by atoms with Crippen molar-refractivity contribution >= 4 is 11.6 Å². The normalized spacial score (nSPS) is 17.4. The standard InChI is InChI=1S/C16H14F3N3O2/c17-16(18,19)11-5-3-7-20-13(11)14-21-12-6-2-1-4-10(12)15(24)22(14)8-9-23/h1-7,14,21,23H,8-9H2. The number of fused-ring (bicyclic) bond motifs is 1. The van der Waals surface area contributed by atoms with E-state index in [0.717, 1.165) is 11.0 Å². The van der Waals surface area contributed by atoms with Crippen LogP contribution < -0.4 is 5.32 Å². The first-order valence-electron chi connectivity index (χ1n) is 7.23. The fourth-order valence-electron chi connectivity index (χ4n) is 2.72. The van der Waals surface area contributed by atoms with Crippen molar-refractivity contribution in [2.45, 2.75) is 12.3 Å². The molecule has 3 rings (SSSR count). The number of carbonyl (C=O) groups excluding carboxylic acids is 1. The van der Waals surface area contributed by atoms with Crippen molar-refractivity contribution in [1.29, 1.82) is 0 Å². The van der Waals surface area contributed by atoms with Gasteiger partial charge >= 0.3 is 6.18 Å². The van der Waals surface area contributed by atoms with Gasteiger partial charge < -0.3 is 15.3 Å². The van der Waals surface area contributed by atoms with Crippen molar-refractivity contribution in [3.8, 4) is 0 Å². The van der Waals surface area contributed by atoms with Crippen molar-refractivity contribution in [2.75, 3.05) is 18.5 Å². The molecule has 8 heteroatoms. The molecule has 1 unspecified atom stereocenters. The lowest BCUT2D eigenvalue weighted by molar-refractivity contribution is -0.139. The topological polar surface area (TPSA) is 65.5 Å². The molecule has 1 aromatic heterocycles. The van der Waals surface area contributed by atoms with Gasteiger partial charge in [-0.15, -0.1) is 0 Å². The summed E-state index contributed by atoms with van der Waals surface area (Å²) in [5, 5.41) is 12.1. The number of carbonyl (C=O) groups is 1. The number of nitrogens with one attached hydrogen (secondary N) is 1. The Kier molecular flexibility index (Phi) is 4.15. The van der Waals surface area contributed by atoms with Crippen LogP contribution in [0.25, 0.3) is 0 Å². The zero-order chi connectivity index (χ0) is 17.3. The second-order valence-electron chi connectivity index (χ2n) is 5.25. The maximum Gasteiger partial charge on any atom is 0.418 e. The van der Waals surface area contributed by atoms with Crippen molar-refractivity contribution < 1.29 is 23.1 Å². The summed E-state index contributed by atoms with van der Waals surface area (Å²) in [6.45, 7) is -0.487. The van der Waals surface area contributed by atoms with E-state index < -0.39 is 23.8 Å². The highest BCUT2D eigenvalue weighted by molar-refractivity contribution is 6.01. The van der Waals surface area contributed by atoms with E-state index in [1.54, 1.807) is 24.3 Å². The highest BCUT2D eigenvalue weighted by Crippen LogP contribution is 2.38. The Balaban J connectivity index is 2.12. The first kappa shape index (κ1) is 16.3. The maximum absolute atomic E-state index is 13.3.